The molecule has 0 amide bonds. The van der Waals surface area contributed by atoms with E-state index in [2.05, 4.69) is 48.2 Å². The highest BCUT2D eigenvalue weighted by Gasteiger charge is 2.22. The van der Waals surface area contributed by atoms with Crippen LogP contribution in [-0.2, 0) is 0 Å². The van der Waals surface area contributed by atoms with Crippen LogP contribution >= 0.6 is 11.8 Å². The molecule has 0 radical (unpaired) electrons. The Labute approximate surface area is 144 Å². The molecule has 1 heterocycles. The lowest BCUT2D eigenvalue weighted by atomic mass is 10.1. The van der Waals surface area contributed by atoms with Crippen molar-refractivity contribution in [2.75, 3.05) is 17.2 Å². The third-order valence-electron chi connectivity index (χ3n) is 4.39. The van der Waals surface area contributed by atoms with E-state index < -0.39 is 0 Å². The van der Waals surface area contributed by atoms with Crippen molar-refractivity contribution in [3.8, 4) is 0 Å². The average molecular weight is 327 g/mol. The zero-order valence-corrected chi connectivity index (χ0v) is 14.7. The molecule has 0 spiro atoms. The fourth-order valence-corrected chi connectivity index (χ4v) is 4.21. The third-order valence-corrected chi connectivity index (χ3v) is 5.52. The van der Waals surface area contributed by atoms with Gasteiger partial charge in [-0.05, 0) is 36.8 Å². The van der Waals surface area contributed by atoms with Crippen molar-refractivity contribution in [2.45, 2.75) is 55.2 Å². The summed E-state index contributed by atoms with van der Waals surface area (Å²) in [5.41, 5.74) is 9.47. The van der Waals surface area contributed by atoms with Crippen LogP contribution in [0.15, 0.2) is 52.3 Å². The fourth-order valence-electron chi connectivity index (χ4n) is 3.14. The Morgan fingerprint density at radius 3 is 2.48 bits per heavy atom. The first-order chi connectivity index (χ1) is 11.3. The maximum absolute atomic E-state index is 6.04. The van der Waals surface area contributed by atoms with Gasteiger partial charge in [-0.25, -0.2) is 0 Å². The molecule has 2 nitrogen and oxygen atoms in total. The molecule has 0 unspecified atom stereocenters. The minimum atomic E-state index is 0.844. The molecule has 0 saturated heterocycles. The quantitative estimate of drug-likeness (QED) is 0.483. The molecule has 2 aromatic rings. The van der Waals surface area contributed by atoms with Crippen LogP contribution in [0.5, 0.6) is 0 Å². The van der Waals surface area contributed by atoms with E-state index >= 15 is 0 Å². The smallest absolute Gasteiger partial charge is 0.0573 e. The van der Waals surface area contributed by atoms with Crippen LogP contribution in [0.2, 0.25) is 0 Å². The highest BCUT2D eigenvalue weighted by atomic mass is 32.2. The van der Waals surface area contributed by atoms with Gasteiger partial charge in [-0.1, -0.05) is 62.9 Å². The molecule has 0 fully saturated rings. The Morgan fingerprint density at radius 2 is 1.61 bits per heavy atom. The van der Waals surface area contributed by atoms with E-state index in [-0.39, 0.29) is 0 Å². The van der Waals surface area contributed by atoms with Crippen molar-refractivity contribution in [1.82, 2.24) is 0 Å². The van der Waals surface area contributed by atoms with E-state index in [1.165, 1.54) is 59.7 Å². The molecule has 0 aromatic heterocycles. The van der Waals surface area contributed by atoms with E-state index in [9.17, 15) is 0 Å². The standard InChI is InChI=1S/C20H26N2S/c1-2-3-4-5-6-9-14-22-17-10-7-8-11-19(17)23-20-13-12-16(21)15-18(20)22/h7-8,10-13,15H,2-6,9,14,21H2,1H3. The summed E-state index contributed by atoms with van der Waals surface area (Å²) < 4.78 is 0. The first-order valence-corrected chi connectivity index (χ1v) is 9.55. The lowest BCUT2D eigenvalue weighted by Gasteiger charge is -2.33. The minimum absolute atomic E-state index is 0.844. The van der Waals surface area contributed by atoms with E-state index in [0.717, 1.165) is 12.2 Å². The second kappa shape index (κ2) is 7.78. The molecule has 2 aromatic carbocycles. The zero-order valence-electron chi connectivity index (χ0n) is 13.9. The van der Waals surface area contributed by atoms with Crippen molar-refractivity contribution < 1.29 is 0 Å². The van der Waals surface area contributed by atoms with Gasteiger partial charge in [0.1, 0.15) is 0 Å². The Morgan fingerprint density at radius 1 is 0.870 bits per heavy atom. The van der Waals surface area contributed by atoms with Gasteiger partial charge in [0.2, 0.25) is 0 Å². The highest BCUT2D eigenvalue weighted by Crippen LogP contribution is 2.48. The van der Waals surface area contributed by atoms with Crippen molar-refractivity contribution in [3.05, 3.63) is 42.5 Å². The summed E-state index contributed by atoms with van der Waals surface area (Å²) in [6.45, 7) is 3.34. The first kappa shape index (κ1) is 16.3. The molecule has 0 bridgehead atoms. The number of fused-ring (bicyclic) bond motifs is 2. The largest absolute Gasteiger partial charge is 0.399 e. The van der Waals surface area contributed by atoms with Crippen LogP contribution in [0, 0.1) is 0 Å². The van der Waals surface area contributed by atoms with Gasteiger partial charge in [-0.15, -0.1) is 0 Å². The maximum atomic E-state index is 6.04. The summed E-state index contributed by atoms with van der Waals surface area (Å²) >= 11 is 1.85. The van der Waals surface area contributed by atoms with Gasteiger partial charge in [0.25, 0.3) is 0 Å². The summed E-state index contributed by atoms with van der Waals surface area (Å²) in [7, 11) is 0. The number of nitrogen functional groups attached to an aromatic ring is 1. The number of anilines is 3. The molecule has 3 heteroatoms. The predicted molar refractivity (Wildman–Crippen MR) is 102 cm³/mol. The minimum Gasteiger partial charge on any atom is -0.399 e. The van der Waals surface area contributed by atoms with Crippen LogP contribution in [-0.4, -0.2) is 6.54 Å². The van der Waals surface area contributed by atoms with E-state index in [0.29, 0.717) is 0 Å². The lowest BCUT2D eigenvalue weighted by Crippen LogP contribution is -2.22. The van der Waals surface area contributed by atoms with Crippen molar-refractivity contribution in [3.63, 3.8) is 0 Å². The average Bonchev–Trinajstić information content (AvgIpc) is 2.57. The van der Waals surface area contributed by atoms with Crippen LogP contribution in [0.1, 0.15) is 45.4 Å². The number of hydrogen-bond donors (Lipinski definition) is 1. The molecule has 23 heavy (non-hydrogen) atoms. The fraction of sp³-hybridized carbons (Fsp3) is 0.400. The van der Waals surface area contributed by atoms with Gasteiger partial charge in [0.05, 0.1) is 11.4 Å². The summed E-state index contributed by atoms with van der Waals surface area (Å²) in [6, 6.07) is 15.0. The van der Waals surface area contributed by atoms with Gasteiger partial charge in [0.15, 0.2) is 0 Å². The van der Waals surface area contributed by atoms with Crippen molar-refractivity contribution in [2.24, 2.45) is 0 Å². The highest BCUT2D eigenvalue weighted by molar-refractivity contribution is 7.99. The summed E-state index contributed by atoms with van der Waals surface area (Å²) in [5.74, 6) is 0. The summed E-state index contributed by atoms with van der Waals surface area (Å²) in [4.78, 5) is 5.11. The number of benzene rings is 2. The van der Waals surface area contributed by atoms with Gasteiger partial charge in [0, 0.05) is 22.0 Å². The number of hydrogen-bond acceptors (Lipinski definition) is 3. The van der Waals surface area contributed by atoms with Gasteiger partial charge >= 0.3 is 0 Å². The Kier molecular flexibility index (Phi) is 5.50. The SMILES string of the molecule is CCCCCCCCN1c2ccccc2Sc2ccc(N)cc21. The molecule has 0 aliphatic carbocycles. The summed E-state index contributed by atoms with van der Waals surface area (Å²) in [5, 5.41) is 0. The maximum Gasteiger partial charge on any atom is 0.0573 e. The van der Waals surface area contributed by atoms with Crippen LogP contribution in [0.4, 0.5) is 17.1 Å². The predicted octanol–water partition coefficient (Wildman–Crippen LogP) is 6.23. The third kappa shape index (κ3) is 3.84. The molecule has 0 saturated carbocycles. The second-order valence-electron chi connectivity index (χ2n) is 6.22. The number of rotatable bonds is 7. The molecule has 1 aliphatic heterocycles. The monoisotopic (exact) mass is 326 g/mol. The second-order valence-corrected chi connectivity index (χ2v) is 7.30. The molecule has 122 valence electrons. The van der Waals surface area contributed by atoms with E-state index in [1.54, 1.807) is 0 Å². The zero-order chi connectivity index (χ0) is 16.1. The van der Waals surface area contributed by atoms with Crippen molar-refractivity contribution in [1.29, 1.82) is 0 Å². The Hall–Kier alpha value is -1.61. The number of unbranched alkanes of at least 4 members (excludes halogenated alkanes) is 5. The molecule has 3 rings (SSSR count). The van der Waals surface area contributed by atoms with Crippen LogP contribution in [0.3, 0.4) is 0 Å². The number of para-hydroxylation sites is 1. The number of nitrogens with zero attached hydrogens (tertiary/aromatic N) is 1. The molecule has 0 atom stereocenters. The number of nitrogens with two attached hydrogens (primary N) is 1. The van der Waals surface area contributed by atoms with Gasteiger partial charge < -0.3 is 10.6 Å². The van der Waals surface area contributed by atoms with Gasteiger partial charge in [-0.3, -0.25) is 0 Å². The van der Waals surface area contributed by atoms with Gasteiger partial charge in [-0.2, -0.15) is 0 Å². The van der Waals surface area contributed by atoms with E-state index in [1.807, 2.05) is 17.8 Å². The summed E-state index contributed by atoms with van der Waals surface area (Å²) in [6.07, 6.45) is 7.93. The normalized spacial score (nSPS) is 12.8. The van der Waals surface area contributed by atoms with Crippen molar-refractivity contribution >= 4 is 28.8 Å². The molecule has 1 aliphatic rings. The topological polar surface area (TPSA) is 29.3 Å². The molecular weight excluding hydrogens is 300 g/mol. The Balaban J connectivity index is 1.74. The molecule has 2 N–H and O–H groups in total. The van der Waals surface area contributed by atoms with Crippen LogP contribution < -0.4 is 10.6 Å². The lowest BCUT2D eigenvalue weighted by molar-refractivity contribution is 0.608. The molecular formula is C20H26N2S. The van der Waals surface area contributed by atoms with Crippen LogP contribution in [0.25, 0.3) is 0 Å². The van der Waals surface area contributed by atoms with E-state index in [4.69, 9.17) is 5.73 Å². The Bertz CT molecular complexity index is 654. The first-order valence-electron chi connectivity index (χ1n) is 8.73.